The third-order valence-electron chi connectivity index (χ3n) is 3.97. The lowest BCUT2D eigenvalue weighted by atomic mass is 10.0. The monoisotopic (exact) mass is 312 g/mol. The van der Waals surface area contributed by atoms with Crippen LogP contribution in [-0.4, -0.2) is 50.4 Å². The van der Waals surface area contributed by atoms with E-state index in [1.54, 1.807) is 7.11 Å². The van der Waals surface area contributed by atoms with Crippen molar-refractivity contribution in [1.82, 2.24) is 10.2 Å². The largest absolute Gasteiger partial charge is 0.495 e. The second-order valence-electron chi connectivity index (χ2n) is 5.98. The van der Waals surface area contributed by atoms with Crippen LogP contribution in [-0.2, 0) is 11.3 Å². The molecule has 0 bridgehead atoms. The van der Waals surface area contributed by atoms with E-state index in [-0.39, 0.29) is 5.54 Å². The van der Waals surface area contributed by atoms with Crippen molar-refractivity contribution in [3.8, 4) is 5.75 Å². The standard InChI is InChI=1S/C16H25ClN2O2/c1-16(2,19-6-8-21-9-7-19)12-18-11-13-4-5-15(20-3)14(17)10-13/h4-5,10,18H,6-9,11-12H2,1-3H3. The van der Waals surface area contributed by atoms with Crippen LogP contribution in [0.2, 0.25) is 5.02 Å². The summed E-state index contributed by atoms with van der Waals surface area (Å²) in [6.45, 7) is 9.94. The number of nitrogens with zero attached hydrogens (tertiary/aromatic N) is 1. The zero-order valence-corrected chi connectivity index (χ0v) is 13.9. The fraction of sp³-hybridized carbons (Fsp3) is 0.625. The number of benzene rings is 1. The van der Waals surface area contributed by atoms with Crippen LogP contribution in [0.3, 0.4) is 0 Å². The van der Waals surface area contributed by atoms with Crippen LogP contribution < -0.4 is 10.1 Å². The lowest BCUT2D eigenvalue weighted by Gasteiger charge is -2.41. The summed E-state index contributed by atoms with van der Waals surface area (Å²) in [5, 5.41) is 4.18. The summed E-state index contributed by atoms with van der Waals surface area (Å²) in [4.78, 5) is 2.48. The van der Waals surface area contributed by atoms with Gasteiger partial charge in [0.2, 0.25) is 0 Å². The highest BCUT2D eigenvalue weighted by atomic mass is 35.5. The van der Waals surface area contributed by atoms with Crippen LogP contribution in [0.15, 0.2) is 18.2 Å². The normalized spacial score (nSPS) is 17.0. The third kappa shape index (κ3) is 4.58. The van der Waals surface area contributed by atoms with Crippen molar-refractivity contribution >= 4 is 11.6 Å². The SMILES string of the molecule is COc1ccc(CNCC(C)(C)N2CCOCC2)cc1Cl. The Morgan fingerprint density at radius 2 is 2.05 bits per heavy atom. The second-order valence-corrected chi connectivity index (χ2v) is 6.39. The van der Waals surface area contributed by atoms with Gasteiger partial charge in [-0.3, -0.25) is 4.90 Å². The molecular formula is C16H25ClN2O2. The Labute approximate surface area is 132 Å². The molecule has 0 aromatic heterocycles. The van der Waals surface area contributed by atoms with Crippen LogP contribution >= 0.6 is 11.6 Å². The van der Waals surface area contributed by atoms with Crippen LogP contribution in [0, 0.1) is 0 Å². The molecule has 0 saturated carbocycles. The highest BCUT2D eigenvalue weighted by Crippen LogP contribution is 2.25. The molecule has 2 rings (SSSR count). The molecule has 0 atom stereocenters. The highest BCUT2D eigenvalue weighted by Gasteiger charge is 2.27. The number of nitrogens with one attached hydrogen (secondary N) is 1. The molecule has 1 saturated heterocycles. The minimum atomic E-state index is 0.125. The molecule has 1 heterocycles. The van der Waals surface area contributed by atoms with Gasteiger partial charge in [-0.25, -0.2) is 0 Å². The quantitative estimate of drug-likeness (QED) is 0.875. The minimum Gasteiger partial charge on any atom is -0.495 e. The molecule has 1 N–H and O–H groups in total. The average molecular weight is 313 g/mol. The summed E-state index contributed by atoms with van der Waals surface area (Å²) in [7, 11) is 1.63. The van der Waals surface area contributed by atoms with Gasteiger partial charge in [-0.2, -0.15) is 0 Å². The Hall–Kier alpha value is -0.810. The van der Waals surface area contributed by atoms with Crippen LogP contribution in [0.25, 0.3) is 0 Å². The summed E-state index contributed by atoms with van der Waals surface area (Å²) in [5.41, 5.74) is 1.29. The van der Waals surface area contributed by atoms with Crippen LogP contribution in [0.5, 0.6) is 5.75 Å². The fourth-order valence-electron chi connectivity index (χ4n) is 2.61. The van der Waals surface area contributed by atoms with E-state index in [2.05, 4.69) is 24.1 Å². The number of hydrogen-bond acceptors (Lipinski definition) is 4. The van der Waals surface area contributed by atoms with Gasteiger partial charge in [0.1, 0.15) is 5.75 Å². The Bertz CT molecular complexity index is 460. The Kier molecular flexibility index (Phi) is 5.88. The lowest BCUT2D eigenvalue weighted by Crippen LogP contribution is -2.54. The van der Waals surface area contributed by atoms with Gasteiger partial charge >= 0.3 is 0 Å². The number of halogens is 1. The van der Waals surface area contributed by atoms with Gasteiger partial charge in [-0.05, 0) is 31.5 Å². The first-order chi connectivity index (χ1) is 10.0. The number of morpholine rings is 1. The van der Waals surface area contributed by atoms with E-state index < -0.39 is 0 Å². The van der Waals surface area contributed by atoms with Gasteiger partial charge in [0.15, 0.2) is 0 Å². The van der Waals surface area contributed by atoms with Crippen molar-refractivity contribution in [3.05, 3.63) is 28.8 Å². The zero-order valence-electron chi connectivity index (χ0n) is 13.1. The predicted octanol–water partition coefficient (Wildman–Crippen LogP) is 2.55. The molecule has 1 aliphatic heterocycles. The molecule has 1 aromatic carbocycles. The Morgan fingerprint density at radius 3 is 2.67 bits per heavy atom. The first-order valence-electron chi connectivity index (χ1n) is 7.39. The molecule has 0 unspecified atom stereocenters. The van der Waals surface area contributed by atoms with Gasteiger partial charge in [0.25, 0.3) is 0 Å². The molecule has 118 valence electrons. The molecule has 1 aliphatic rings. The number of hydrogen-bond donors (Lipinski definition) is 1. The molecule has 21 heavy (non-hydrogen) atoms. The van der Waals surface area contributed by atoms with E-state index in [0.29, 0.717) is 10.8 Å². The van der Waals surface area contributed by atoms with E-state index in [0.717, 1.165) is 39.4 Å². The molecule has 1 aromatic rings. The second kappa shape index (κ2) is 7.45. The predicted molar refractivity (Wildman–Crippen MR) is 86.2 cm³/mol. The molecule has 1 fully saturated rings. The smallest absolute Gasteiger partial charge is 0.137 e. The number of methoxy groups -OCH3 is 1. The first-order valence-corrected chi connectivity index (χ1v) is 7.76. The van der Waals surface area contributed by atoms with Gasteiger partial charge in [-0.1, -0.05) is 17.7 Å². The van der Waals surface area contributed by atoms with E-state index in [1.807, 2.05) is 18.2 Å². The Balaban J connectivity index is 1.84. The zero-order chi connectivity index (χ0) is 15.3. The third-order valence-corrected chi connectivity index (χ3v) is 4.27. The minimum absolute atomic E-state index is 0.125. The maximum atomic E-state index is 6.15. The summed E-state index contributed by atoms with van der Waals surface area (Å²) >= 11 is 6.15. The van der Waals surface area contributed by atoms with E-state index >= 15 is 0 Å². The summed E-state index contributed by atoms with van der Waals surface area (Å²) in [6, 6.07) is 5.90. The molecule has 0 radical (unpaired) electrons. The summed E-state index contributed by atoms with van der Waals surface area (Å²) in [6.07, 6.45) is 0. The molecule has 0 aliphatic carbocycles. The van der Waals surface area contributed by atoms with Crippen LogP contribution in [0.1, 0.15) is 19.4 Å². The van der Waals surface area contributed by atoms with Crippen molar-refractivity contribution < 1.29 is 9.47 Å². The topological polar surface area (TPSA) is 33.7 Å². The van der Waals surface area contributed by atoms with Gasteiger partial charge < -0.3 is 14.8 Å². The molecule has 5 heteroatoms. The fourth-order valence-corrected chi connectivity index (χ4v) is 2.89. The Morgan fingerprint density at radius 1 is 1.33 bits per heavy atom. The number of ether oxygens (including phenoxy) is 2. The van der Waals surface area contributed by atoms with Crippen molar-refractivity contribution in [2.24, 2.45) is 0 Å². The first kappa shape index (κ1) is 16.6. The van der Waals surface area contributed by atoms with E-state index in [9.17, 15) is 0 Å². The van der Waals surface area contributed by atoms with Gasteiger partial charge in [0, 0.05) is 31.7 Å². The van der Waals surface area contributed by atoms with Gasteiger partial charge in [0.05, 0.1) is 25.3 Å². The van der Waals surface area contributed by atoms with Crippen molar-refractivity contribution in [3.63, 3.8) is 0 Å². The lowest BCUT2D eigenvalue weighted by molar-refractivity contribution is -0.00966. The van der Waals surface area contributed by atoms with Crippen molar-refractivity contribution in [1.29, 1.82) is 0 Å². The summed E-state index contributed by atoms with van der Waals surface area (Å²) in [5.74, 6) is 0.717. The maximum absolute atomic E-state index is 6.15. The molecule has 4 nitrogen and oxygen atoms in total. The average Bonchev–Trinajstić information content (AvgIpc) is 2.48. The molecular weight excluding hydrogens is 288 g/mol. The maximum Gasteiger partial charge on any atom is 0.137 e. The van der Waals surface area contributed by atoms with E-state index in [1.165, 1.54) is 5.56 Å². The number of rotatable bonds is 6. The van der Waals surface area contributed by atoms with Gasteiger partial charge in [-0.15, -0.1) is 0 Å². The molecule has 0 spiro atoms. The van der Waals surface area contributed by atoms with Crippen molar-refractivity contribution in [2.45, 2.75) is 25.9 Å². The molecule has 0 amide bonds. The van der Waals surface area contributed by atoms with Crippen LogP contribution in [0.4, 0.5) is 0 Å². The highest BCUT2D eigenvalue weighted by molar-refractivity contribution is 6.32. The summed E-state index contributed by atoms with van der Waals surface area (Å²) < 4.78 is 10.6. The van der Waals surface area contributed by atoms with Crippen molar-refractivity contribution in [2.75, 3.05) is 40.0 Å². The van der Waals surface area contributed by atoms with E-state index in [4.69, 9.17) is 21.1 Å².